The largest absolute Gasteiger partial charge is 0.481 e. The maximum absolute atomic E-state index is 12.4. The highest BCUT2D eigenvalue weighted by molar-refractivity contribution is 5.93. The van der Waals surface area contributed by atoms with Crippen LogP contribution in [0.3, 0.4) is 0 Å². The molecule has 122 valence electrons. The second-order valence-corrected chi connectivity index (χ2v) is 5.67. The second-order valence-electron chi connectivity index (χ2n) is 5.67. The van der Waals surface area contributed by atoms with Gasteiger partial charge in [0.05, 0.1) is 5.69 Å². The van der Waals surface area contributed by atoms with Crippen molar-refractivity contribution in [1.82, 2.24) is 15.1 Å². The molecule has 0 spiro atoms. The molecule has 6 heteroatoms. The van der Waals surface area contributed by atoms with Gasteiger partial charge in [0.25, 0.3) is 5.91 Å². The van der Waals surface area contributed by atoms with Crippen LogP contribution < -0.4 is 5.32 Å². The molecule has 2 N–H and O–H groups in total. The summed E-state index contributed by atoms with van der Waals surface area (Å²) in [6, 6.07) is 10.6. The zero-order chi connectivity index (χ0) is 17.0. The van der Waals surface area contributed by atoms with E-state index < -0.39 is 11.4 Å². The average molecular weight is 315 g/mol. The lowest BCUT2D eigenvalue weighted by atomic mass is 9.82. The van der Waals surface area contributed by atoms with Crippen LogP contribution >= 0.6 is 0 Å². The Hall–Kier alpha value is -2.63. The third-order valence-electron chi connectivity index (χ3n) is 3.92. The molecule has 1 aromatic heterocycles. The topological polar surface area (TPSA) is 84.2 Å². The van der Waals surface area contributed by atoms with E-state index >= 15 is 0 Å². The van der Waals surface area contributed by atoms with Gasteiger partial charge in [-0.25, -0.2) is 0 Å². The number of amides is 1. The lowest BCUT2D eigenvalue weighted by Gasteiger charge is -2.25. The molecular weight excluding hydrogens is 294 g/mol. The third kappa shape index (κ3) is 3.41. The quantitative estimate of drug-likeness (QED) is 0.854. The molecule has 2 rings (SSSR count). The molecule has 6 nitrogen and oxygen atoms in total. The van der Waals surface area contributed by atoms with Crippen molar-refractivity contribution in [3.05, 3.63) is 53.3 Å². The molecular formula is C17H21N3O3. The van der Waals surface area contributed by atoms with Crippen LogP contribution in [0, 0.1) is 6.92 Å². The van der Waals surface area contributed by atoms with Crippen molar-refractivity contribution < 1.29 is 14.7 Å². The lowest BCUT2D eigenvalue weighted by molar-refractivity contribution is -0.142. The first-order valence-corrected chi connectivity index (χ1v) is 7.50. The Morgan fingerprint density at radius 2 is 1.96 bits per heavy atom. The van der Waals surface area contributed by atoms with Gasteiger partial charge >= 0.3 is 5.97 Å². The Balaban J connectivity index is 2.19. The first-order chi connectivity index (χ1) is 10.9. The Morgan fingerprint density at radius 1 is 1.30 bits per heavy atom. The molecule has 1 amide bonds. The lowest BCUT2D eigenvalue weighted by Crippen LogP contribution is -2.44. The van der Waals surface area contributed by atoms with Crippen molar-refractivity contribution in [2.45, 2.75) is 32.7 Å². The fourth-order valence-corrected chi connectivity index (χ4v) is 2.42. The maximum Gasteiger partial charge on any atom is 0.315 e. The van der Waals surface area contributed by atoms with Crippen LogP contribution in [0.2, 0.25) is 0 Å². The number of aromatic nitrogens is 2. The molecule has 1 unspecified atom stereocenters. The summed E-state index contributed by atoms with van der Waals surface area (Å²) in [6.07, 6.45) is 0. The monoisotopic (exact) mass is 315 g/mol. The van der Waals surface area contributed by atoms with Crippen LogP contribution in [0.15, 0.2) is 36.4 Å². The molecule has 0 saturated carbocycles. The minimum absolute atomic E-state index is 0.000871. The fraction of sp³-hybridized carbons (Fsp3) is 0.353. The van der Waals surface area contributed by atoms with Crippen LogP contribution in [0.1, 0.15) is 35.6 Å². The summed E-state index contributed by atoms with van der Waals surface area (Å²) in [6.45, 7) is 5.89. The molecule has 1 atom stereocenters. The van der Waals surface area contributed by atoms with E-state index in [1.807, 2.05) is 19.9 Å². The van der Waals surface area contributed by atoms with Crippen LogP contribution in [0.4, 0.5) is 0 Å². The Bertz CT molecular complexity index is 709. The molecule has 23 heavy (non-hydrogen) atoms. The summed E-state index contributed by atoms with van der Waals surface area (Å²) in [5.41, 5.74) is 0.642. The molecule has 2 aromatic rings. The number of carbonyl (C=O) groups excluding carboxylic acids is 1. The van der Waals surface area contributed by atoms with Crippen molar-refractivity contribution in [3.63, 3.8) is 0 Å². The molecule has 0 aliphatic heterocycles. The highest BCUT2D eigenvalue weighted by atomic mass is 16.4. The number of nitrogens with one attached hydrogen (secondary N) is 1. The summed E-state index contributed by atoms with van der Waals surface area (Å²) in [5.74, 6) is -1.31. The van der Waals surface area contributed by atoms with Crippen molar-refractivity contribution in [3.8, 4) is 0 Å². The van der Waals surface area contributed by atoms with Gasteiger partial charge < -0.3 is 10.4 Å². The van der Waals surface area contributed by atoms with E-state index in [-0.39, 0.29) is 12.5 Å². The van der Waals surface area contributed by atoms with Crippen LogP contribution in [0.5, 0.6) is 0 Å². The fourth-order valence-electron chi connectivity index (χ4n) is 2.42. The molecule has 0 fully saturated rings. The van der Waals surface area contributed by atoms with E-state index in [0.29, 0.717) is 17.8 Å². The number of aryl methyl sites for hydroxylation is 2. The minimum Gasteiger partial charge on any atom is -0.481 e. The van der Waals surface area contributed by atoms with Crippen molar-refractivity contribution in [1.29, 1.82) is 0 Å². The molecule has 0 aliphatic carbocycles. The van der Waals surface area contributed by atoms with E-state index in [1.54, 1.807) is 41.9 Å². The van der Waals surface area contributed by atoms with Crippen LogP contribution in [-0.4, -0.2) is 33.3 Å². The predicted octanol–water partition coefficient (Wildman–Crippen LogP) is 1.98. The van der Waals surface area contributed by atoms with Gasteiger partial charge in [-0.2, -0.15) is 5.10 Å². The Kier molecular flexibility index (Phi) is 4.83. The molecule has 0 bridgehead atoms. The van der Waals surface area contributed by atoms with Gasteiger partial charge in [-0.15, -0.1) is 0 Å². The van der Waals surface area contributed by atoms with Crippen LogP contribution in [-0.2, 0) is 16.8 Å². The number of hydrogen-bond acceptors (Lipinski definition) is 3. The standard InChI is InChI=1S/C17H21N3O3/c1-4-20-14(10-12(2)19-20)15(21)18-11-17(3,16(22)23)13-8-6-5-7-9-13/h5-10H,4,11H2,1-3H3,(H,18,21)(H,22,23). The Morgan fingerprint density at radius 3 is 2.52 bits per heavy atom. The van der Waals surface area contributed by atoms with E-state index in [9.17, 15) is 14.7 Å². The SMILES string of the molecule is CCn1nc(C)cc1C(=O)NCC(C)(C(=O)O)c1ccccc1. The van der Waals surface area contributed by atoms with E-state index in [2.05, 4.69) is 10.4 Å². The number of benzene rings is 1. The third-order valence-corrected chi connectivity index (χ3v) is 3.92. The molecule has 1 heterocycles. The van der Waals surface area contributed by atoms with Gasteiger partial charge in [0, 0.05) is 13.1 Å². The zero-order valence-corrected chi connectivity index (χ0v) is 13.5. The second kappa shape index (κ2) is 6.64. The number of carbonyl (C=O) groups is 2. The van der Waals surface area contributed by atoms with Gasteiger partial charge in [0.15, 0.2) is 0 Å². The van der Waals surface area contributed by atoms with E-state index in [1.165, 1.54) is 0 Å². The number of aliphatic carboxylic acids is 1. The Labute approximate surface area is 135 Å². The summed E-state index contributed by atoms with van der Waals surface area (Å²) < 4.78 is 1.60. The normalized spacial score (nSPS) is 13.3. The minimum atomic E-state index is -1.19. The predicted molar refractivity (Wildman–Crippen MR) is 86.4 cm³/mol. The molecule has 1 aromatic carbocycles. The number of nitrogens with zero attached hydrogens (tertiary/aromatic N) is 2. The highest BCUT2D eigenvalue weighted by Crippen LogP contribution is 2.23. The van der Waals surface area contributed by atoms with E-state index in [0.717, 1.165) is 5.69 Å². The van der Waals surface area contributed by atoms with Gasteiger partial charge in [0.2, 0.25) is 0 Å². The van der Waals surface area contributed by atoms with Gasteiger partial charge in [-0.3, -0.25) is 14.3 Å². The van der Waals surface area contributed by atoms with Gasteiger partial charge in [-0.1, -0.05) is 30.3 Å². The summed E-state index contributed by atoms with van der Waals surface area (Å²) >= 11 is 0. The molecule has 0 aliphatic rings. The van der Waals surface area contributed by atoms with Gasteiger partial charge in [-0.05, 0) is 32.4 Å². The average Bonchev–Trinajstić information content (AvgIpc) is 2.94. The van der Waals surface area contributed by atoms with Crippen molar-refractivity contribution in [2.24, 2.45) is 0 Å². The number of carboxylic acid groups (broad SMARTS) is 1. The zero-order valence-electron chi connectivity index (χ0n) is 13.5. The van der Waals surface area contributed by atoms with Gasteiger partial charge in [0.1, 0.15) is 11.1 Å². The molecule has 0 saturated heterocycles. The summed E-state index contributed by atoms with van der Waals surface area (Å²) in [7, 11) is 0. The molecule has 0 radical (unpaired) electrons. The first kappa shape index (κ1) is 16.7. The number of carboxylic acids is 1. The van der Waals surface area contributed by atoms with Crippen molar-refractivity contribution in [2.75, 3.05) is 6.54 Å². The smallest absolute Gasteiger partial charge is 0.315 e. The highest BCUT2D eigenvalue weighted by Gasteiger charge is 2.35. The van der Waals surface area contributed by atoms with Crippen LogP contribution in [0.25, 0.3) is 0 Å². The summed E-state index contributed by atoms with van der Waals surface area (Å²) in [5, 5.41) is 16.6. The van der Waals surface area contributed by atoms with E-state index in [4.69, 9.17) is 0 Å². The number of hydrogen-bond donors (Lipinski definition) is 2. The summed E-state index contributed by atoms with van der Waals surface area (Å²) in [4.78, 5) is 24.1. The number of rotatable bonds is 6. The van der Waals surface area contributed by atoms with Crippen molar-refractivity contribution >= 4 is 11.9 Å². The maximum atomic E-state index is 12.4. The first-order valence-electron chi connectivity index (χ1n) is 7.50.